The number of hydrogen-bond acceptors (Lipinski definition) is 2. The number of rotatable bonds is 1. The Balaban J connectivity index is 0.000000810. The van der Waals surface area contributed by atoms with E-state index in [0.29, 0.717) is 5.30 Å². The molecule has 10 heavy (non-hydrogen) atoms. The van der Waals surface area contributed by atoms with Crippen molar-refractivity contribution in [2.45, 2.75) is 0 Å². The van der Waals surface area contributed by atoms with Gasteiger partial charge in [-0.25, -0.2) is 0 Å². The third-order valence-electron chi connectivity index (χ3n) is 0.987. The van der Waals surface area contributed by atoms with Crippen LogP contribution in [0.25, 0.3) is 0 Å². The van der Waals surface area contributed by atoms with Crippen LogP contribution in [0, 0.1) is 0 Å². The predicted octanol–water partition coefficient (Wildman–Crippen LogP) is -0.576. The molecule has 0 saturated carbocycles. The Kier molecular flexibility index (Phi) is 4.90. The molecule has 0 aliphatic heterocycles. The van der Waals surface area contributed by atoms with E-state index in [0.717, 1.165) is 0 Å². The van der Waals surface area contributed by atoms with E-state index in [4.69, 9.17) is 9.79 Å². The largest absolute Gasteiger partial charge is 0.347 e. The molecule has 2 N–H and O–H groups in total. The van der Waals surface area contributed by atoms with Gasteiger partial charge in [0, 0.05) is 5.30 Å². The quantitative estimate of drug-likeness (QED) is 0.439. The molecule has 0 saturated heterocycles. The molecule has 4 heteroatoms. The van der Waals surface area contributed by atoms with Crippen molar-refractivity contribution in [3.8, 4) is 0 Å². The van der Waals surface area contributed by atoms with Gasteiger partial charge >= 0.3 is 0 Å². The van der Waals surface area contributed by atoms with E-state index in [1.165, 1.54) is 0 Å². The van der Waals surface area contributed by atoms with E-state index in [1.54, 1.807) is 24.3 Å². The molecule has 1 rings (SSSR count). The van der Waals surface area contributed by atoms with Crippen molar-refractivity contribution in [1.29, 1.82) is 0 Å². The summed E-state index contributed by atoms with van der Waals surface area (Å²) in [6.07, 6.45) is 0. The van der Waals surface area contributed by atoms with Crippen molar-refractivity contribution >= 4 is 31.0 Å². The van der Waals surface area contributed by atoms with Crippen molar-refractivity contribution in [3.63, 3.8) is 0 Å². The smallest absolute Gasteiger partial charge is 0.199 e. The minimum Gasteiger partial charge on any atom is -0.347 e. The van der Waals surface area contributed by atoms with Crippen LogP contribution in [0.4, 0.5) is 0 Å². The summed E-state index contributed by atoms with van der Waals surface area (Å²) in [4.78, 5) is 17.3. The van der Waals surface area contributed by atoms with Crippen LogP contribution in [0.5, 0.6) is 0 Å². The van der Waals surface area contributed by atoms with Gasteiger partial charge in [-0.3, -0.25) is 0 Å². The highest BCUT2D eigenvalue weighted by molar-refractivity contribution is 7.53. The second-order valence-corrected chi connectivity index (χ2v) is 2.72. The van der Waals surface area contributed by atoms with Gasteiger partial charge in [0.05, 0.1) is 0 Å². The monoisotopic (exact) mass is 172 g/mol. The lowest BCUT2D eigenvalue weighted by Crippen LogP contribution is -1.96. The van der Waals surface area contributed by atoms with Gasteiger partial charge in [0.2, 0.25) is 0 Å². The lowest BCUT2D eigenvalue weighted by Gasteiger charge is -1.98. The summed E-state index contributed by atoms with van der Waals surface area (Å²) in [6, 6.07) is 8.76. The summed E-state index contributed by atoms with van der Waals surface area (Å²) in [5.41, 5.74) is 0. The lowest BCUT2D eigenvalue weighted by molar-refractivity contribution is 0.497. The first-order chi connectivity index (χ1) is 4.30. The normalized spacial score (nSPS) is 9.10. The van der Waals surface area contributed by atoms with Crippen LogP contribution in [0.15, 0.2) is 30.3 Å². The van der Waals surface area contributed by atoms with E-state index in [-0.39, 0.29) is 17.4 Å². The lowest BCUT2D eigenvalue weighted by atomic mass is 10.4. The predicted molar refractivity (Wildman–Crippen MR) is 47.4 cm³/mol. The van der Waals surface area contributed by atoms with E-state index < -0.39 is 8.38 Å². The minimum atomic E-state index is -1.90. The standard InChI is InChI=1S/C6H7O2P.Al.3H/c7-9(8)6-4-2-1-3-5-6;;;;/h1-5,7-8H;;;;. The summed E-state index contributed by atoms with van der Waals surface area (Å²) in [6.45, 7) is 0. The molecular weight excluding hydrogens is 162 g/mol. The van der Waals surface area contributed by atoms with E-state index in [1.807, 2.05) is 6.07 Å². The average molecular weight is 172 g/mol. The molecule has 54 valence electrons. The van der Waals surface area contributed by atoms with Gasteiger partial charge in [-0.15, -0.1) is 0 Å². The maximum absolute atomic E-state index is 8.64. The fraction of sp³-hybridized carbons (Fsp3) is 0. The highest BCUT2D eigenvalue weighted by Crippen LogP contribution is 2.20. The summed E-state index contributed by atoms with van der Waals surface area (Å²) in [5.74, 6) is 0. The summed E-state index contributed by atoms with van der Waals surface area (Å²) < 4.78 is 0. The first-order valence-electron chi connectivity index (χ1n) is 2.53. The summed E-state index contributed by atoms with van der Waals surface area (Å²) in [7, 11) is -1.90. The molecule has 2 nitrogen and oxygen atoms in total. The Morgan fingerprint density at radius 1 is 1.00 bits per heavy atom. The second kappa shape index (κ2) is 4.85. The zero-order chi connectivity index (χ0) is 6.69. The van der Waals surface area contributed by atoms with Crippen LogP contribution in [-0.2, 0) is 0 Å². The molecule has 0 fully saturated rings. The molecule has 0 aliphatic carbocycles. The second-order valence-electron chi connectivity index (χ2n) is 1.62. The molecule has 0 amide bonds. The third-order valence-corrected chi connectivity index (χ3v) is 1.75. The van der Waals surface area contributed by atoms with Gasteiger partial charge < -0.3 is 9.79 Å². The van der Waals surface area contributed by atoms with Crippen molar-refractivity contribution < 1.29 is 9.79 Å². The highest BCUT2D eigenvalue weighted by Gasteiger charge is 1.98. The van der Waals surface area contributed by atoms with Gasteiger partial charge in [-0.2, -0.15) is 0 Å². The minimum absolute atomic E-state index is 0. The van der Waals surface area contributed by atoms with Crippen LogP contribution in [-0.4, -0.2) is 27.1 Å². The molecular formula is C6H10AlO2P. The van der Waals surface area contributed by atoms with Crippen LogP contribution in [0.1, 0.15) is 0 Å². The zero-order valence-corrected chi connectivity index (χ0v) is 5.62. The zero-order valence-electron chi connectivity index (χ0n) is 4.73. The molecule has 0 bridgehead atoms. The fourth-order valence-electron chi connectivity index (χ4n) is 0.561. The van der Waals surface area contributed by atoms with Gasteiger partial charge in [0.25, 0.3) is 0 Å². The topological polar surface area (TPSA) is 40.5 Å². The van der Waals surface area contributed by atoms with E-state index in [2.05, 4.69) is 0 Å². The Bertz CT molecular complexity index is 178. The highest BCUT2D eigenvalue weighted by atomic mass is 31.2. The number of benzene rings is 1. The Morgan fingerprint density at radius 3 is 1.80 bits per heavy atom. The van der Waals surface area contributed by atoms with Crippen molar-refractivity contribution in [1.82, 2.24) is 0 Å². The molecule has 0 spiro atoms. The van der Waals surface area contributed by atoms with Crippen LogP contribution in [0.3, 0.4) is 0 Å². The Hall–Kier alpha value is 0.102. The fourth-order valence-corrected chi connectivity index (χ4v) is 1.00. The average Bonchev–Trinajstić information content (AvgIpc) is 1.90. The molecule has 1 aromatic rings. The molecule has 0 heterocycles. The first kappa shape index (κ1) is 10.1. The van der Waals surface area contributed by atoms with E-state index in [9.17, 15) is 0 Å². The van der Waals surface area contributed by atoms with Crippen LogP contribution in [0.2, 0.25) is 0 Å². The van der Waals surface area contributed by atoms with Crippen LogP contribution >= 0.6 is 8.38 Å². The van der Waals surface area contributed by atoms with E-state index >= 15 is 0 Å². The Labute approximate surface area is 71.6 Å². The van der Waals surface area contributed by atoms with Crippen molar-refractivity contribution in [2.75, 3.05) is 0 Å². The van der Waals surface area contributed by atoms with Crippen molar-refractivity contribution in [3.05, 3.63) is 30.3 Å². The van der Waals surface area contributed by atoms with Gasteiger partial charge in [-0.05, 0) is 12.1 Å². The maximum atomic E-state index is 8.64. The Morgan fingerprint density at radius 2 is 1.50 bits per heavy atom. The number of hydrogen-bond donors (Lipinski definition) is 2. The van der Waals surface area contributed by atoms with Gasteiger partial charge in [0.15, 0.2) is 25.7 Å². The van der Waals surface area contributed by atoms with Gasteiger partial charge in [0.1, 0.15) is 0 Å². The maximum Gasteiger partial charge on any atom is 0.199 e. The summed E-state index contributed by atoms with van der Waals surface area (Å²) >= 11 is 0. The molecule has 0 radical (unpaired) electrons. The SMILES string of the molecule is OP(O)c1ccccc1.[AlH3]. The molecule has 0 aromatic heterocycles. The van der Waals surface area contributed by atoms with Gasteiger partial charge in [-0.1, -0.05) is 18.2 Å². The summed E-state index contributed by atoms with van der Waals surface area (Å²) in [5, 5.41) is 0.590. The van der Waals surface area contributed by atoms with Crippen molar-refractivity contribution in [2.24, 2.45) is 0 Å². The third kappa shape index (κ3) is 2.79. The molecule has 1 aromatic carbocycles. The molecule has 0 atom stereocenters. The molecule has 0 aliphatic rings. The van der Waals surface area contributed by atoms with Crippen LogP contribution < -0.4 is 5.30 Å². The molecule has 0 unspecified atom stereocenters. The first-order valence-corrected chi connectivity index (χ1v) is 3.78.